The molecular formula is C18H51B22NO4S. The van der Waals surface area contributed by atoms with E-state index in [0.717, 1.165) is 5.46 Å². The summed E-state index contributed by atoms with van der Waals surface area (Å²) >= 11 is 0. The molecule has 0 aromatic heterocycles. The molecule has 0 unspecified atom stereocenters. The van der Waals surface area contributed by atoms with Gasteiger partial charge in [-0.25, -0.2) is 13.2 Å². The van der Waals surface area contributed by atoms with Crippen molar-refractivity contribution in [3.05, 3.63) is 23.8 Å². The lowest BCUT2D eigenvalue weighted by molar-refractivity contribution is 0.0602. The zero-order valence-electron chi connectivity index (χ0n) is 34.3. The first-order valence-electron chi connectivity index (χ1n) is 17.0. The van der Waals surface area contributed by atoms with Crippen molar-refractivity contribution in [3.63, 3.8) is 0 Å². The highest BCUT2D eigenvalue weighted by Gasteiger charge is 2.66. The molecule has 0 aliphatic rings. The van der Waals surface area contributed by atoms with Crippen LogP contribution in [0.2, 0.25) is 46.8 Å². The Balaban J connectivity index is 3.87. The van der Waals surface area contributed by atoms with E-state index >= 15 is 0 Å². The number of sulfonamides is 1. The first kappa shape index (κ1) is 43.9. The summed E-state index contributed by atoms with van der Waals surface area (Å²) in [6.07, 6.45) is 0. The van der Waals surface area contributed by atoms with Crippen molar-refractivity contribution >= 4 is 200 Å². The predicted octanol–water partition coefficient (Wildman–Crippen LogP) is -18.6. The number of carbonyl (C=O) groups excluding carboxylic acids is 1. The fraction of sp³-hybridized carbons (Fsp3) is 0.611. The maximum absolute atomic E-state index is 14.5. The number of hydrogen-bond donors (Lipinski definition) is 1. The van der Waals surface area contributed by atoms with Crippen LogP contribution >= 0.6 is 0 Å². The van der Waals surface area contributed by atoms with Crippen molar-refractivity contribution in [2.24, 2.45) is 0 Å². The summed E-state index contributed by atoms with van der Waals surface area (Å²) in [5.74, 6) is -0.580. The van der Waals surface area contributed by atoms with Crippen LogP contribution in [0.4, 0.5) is 5.69 Å². The number of carbonyl (C=O) groups is 1. The summed E-state index contributed by atoms with van der Waals surface area (Å²) in [5.41, 5.74) is 1.27. The van der Waals surface area contributed by atoms with Gasteiger partial charge in [-0.15, -0.1) is 41.6 Å². The Hall–Kier alpha value is -0.131. The number of rotatable bonds is 13. The second-order valence-corrected chi connectivity index (χ2v) is 22.1. The normalized spacial score (nSPS) is 15.1. The smallest absolute Gasteiger partial charge is 0.339 e. The molecule has 1 aromatic rings. The van der Waals surface area contributed by atoms with Crippen LogP contribution in [-0.4, -0.2) is 199 Å². The Morgan fingerprint density at radius 2 is 0.913 bits per heavy atom. The quantitative estimate of drug-likeness (QED) is 0.177. The third kappa shape index (κ3) is 6.22. The number of ether oxygens (including phenoxy) is 1. The Labute approximate surface area is 303 Å². The van der Waals surface area contributed by atoms with Gasteiger partial charge in [0.15, 0.2) is 0 Å². The van der Waals surface area contributed by atoms with Crippen LogP contribution < -0.4 is 10.2 Å². The number of methoxy groups -OCH3 is 1. The van der Waals surface area contributed by atoms with E-state index in [1.54, 1.807) is 18.2 Å². The van der Waals surface area contributed by atoms with E-state index in [-0.39, 0.29) is 47.6 Å². The van der Waals surface area contributed by atoms with E-state index in [2.05, 4.69) is 154 Å². The molecule has 46 heavy (non-hydrogen) atoms. The average Bonchev–Trinajstić information content (AvgIpc) is 2.87. The first-order chi connectivity index (χ1) is 19.8. The van der Waals surface area contributed by atoms with Gasteiger partial charge in [-0.3, -0.25) is 4.72 Å². The molecule has 0 heterocycles. The van der Waals surface area contributed by atoms with E-state index in [9.17, 15) is 13.2 Å². The van der Waals surface area contributed by atoms with Gasteiger partial charge in [-0.05, 0) is 6.07 Å². The van der Waals surface area contributed by atoms with E-state index in [1.807, 2.05) is 23.5 Å². The molecule has 0 radical (unpaired) electrons. The molecule has 0 aliphatic carbocycles. The van der Waals surface area contributed by atoms with Crippen molar-refractivity contribution in [2.75, 3.05) is 11.8 Å². The molecule has 0 spiro atoms. The second-order valence-electron chi connectivity index (χ2n) is 19.9. The molecule has 0 saturated heterocycles. The van der Waals surface area contributed by atoms with Crippen molar-refractivity contribution in [3.8, 4) is 0 Å². The molecule has 0 bridgehead atoms. The number of hydrogen-bond acceptors (Lipinski definition) is 4. The summed E-state index contributed by atoms with van der Waals surface area (Å²) in [5, 5.41) is -2.17. The summed E-state index contributed by atoms with van der Waals surface area (Å²) in [6.45, 7) is 0. The molecule has 5 nitrogen and oxygen atoms in total. The van der Waals surface area contributed by atoms with Crippen LogP contribution in [0.3, 0.4) is 0 Å². The monoisotopic (exact) mass is 620 g/mol. The number of esters is 1. The van der Waals surface area contributed by atoms with Crippen LogP contribution in [0.5, 0.6) is 0 Å². The highest BCUT2D eigenvalue weighted by molar-refractivity contribution is 7.96. The number of benzene rings is 1. The molecule has 0 atom stereocenters. The molecule has 0 fully saturated rings. The SMILES string of the molecule is Bc1ccc(NS(=O)(=O)C(B)(B)C(B)(B)C(B)(B)C(B)(B)C(B)(B)C(B)(B)C(B)(B)C(B)(B)C(B)(B)C(B)(B)B)c(C(=O)OC)c1. The van der Waals surface area contributed by atoms with Gasteiger partial charge in [-0.2, -0.15) is 0 Å². The van der Waals surface area contributed by atoms with Gasteiger partial charge in [0.2, 0.25) is 10.0 Å². The molecule has 0 aliphatic heterocycles. The Morgan fingerprint density at radius 3 is 1.24 bits per heavy atom. The third-order valence-corrected chi connectivity index (χ3v) is 19.2. The fourth-order valence-electron chi connectivity index (χ4n) is 8.01. The molecule has 1 N–H and O–H groups in total. The van der Waals surface area contributed by atoms with Crippen LogP contribution in [0, 0.1) is 0 Å². The summed E-state index contributed by atoms with van der Waals surface area (Å²) in [7, 11) is 47.4. The average molecular weight is 616 g/mol. The minimum Gasteiger partial charge on any atom is -0.465 e. The lowest BCUT2D eigenvalue weighted by atomic mass is 8.99. The second kappa shape index (κ2) is 12.6. The van der Waals surface area contributed by atoms with E-state index in [0.29, 0.717) is 0 Å². The van der Waals surface area contributed by atoms with Gasteiger partial charge < -0.3 is 4.74 Å². The standard InChI is InChI=1S/C18H51B22NO4S/c1-45-8(42)6-4-5(19)2-3-7(6)41-46(43,44)18(39,40)16(34,35)14(30,31)12(26,27)10(22,23)9(20,21)11(24,25)13(28,29)15(32,33)17(36,37)38/h2-4,41H,19-40H2,1H3. The third-order valence-electron chi connectivity index (χ3n) is 16.8. The molecule has 0 saturated carbocycles. The lowest BCUT2D eigenvalue weighted by Crippen LogP contribution is -2.65. The van der Waals surface area contributed by atoms with E-state index < -0.39 is 31.0 Å². The van der Waals surface area contributed by atoms with Gasteiger partial charge in [-0.1, -0.05) is 22.8 Å². The zero-order chi connectivity index (χ0) is 37.3. The molecule has 28 heteroatoms. The molecule has 224 valence electrons. The van der Waals surface area contributed by atoms with Crippen molar-refractivity contribution in [1.82, 2.24) is 0 Å². The molecule has 0 amide bonds. The zero-order valence-corrected chi connectivity index (χ0v) is 35.1. The van der Waals surface area contributed by atoms with Crippen LogP contribution in [0.15, 0.2) is 18.2 Å². The van der Waals surface area contributed by atoms with Crippen molar-refractivity contribution < 1.29 is 17.9 Å². The Morgan fingerprint density at radius 1 is 0.587 bits per heavy atom. The highest BCUT2D eigenvalue weighted by atomic mass is 32.2. The largest absolute Gasteiger partial charge is 0.465 e. The molecule has 1 rings (SSSR count). The maximum Gasteiger partial charge on any atom is 0.339 e. The number of nitrogens with one attached hydrogen (secondary N) is 1. The molecular weight excluding hydrogens is 564 g/mol. The fourth-order valence-corrected chi connectivity index (χ4v) is 9.66. The Bertz CT molecular complexity index is 1430. The van der Waals surface area contributed by atoms with E-state index in [4.69, 9.17) is 4.74 Å². The topological polar surface area (TPSA) is 72.5 Å². The predicted molar refractivity (Wildman–Crippen MR) is 265 cm³/mol. The van der Waals surface area contributed by atoms with Gasteiger partial charge in [0.25, 0.3) is 0 Å². The lowest BCUT2D eigenvalue weighted by Gasteiger charge is -2.74. The van der Waals surface area contributed by atoms with Crippen molar-refractivity contribution in [1.29, 1.82) is 0 Å². The number of anilines is 1. The minimum absolute atomic E-state index is 0.0105. The van der Waals surface area contributed by atoms with Gasteiger partial charge in [0.1, 0.15) is 23.5 Å². The van der Waals surface area contributed by atoms with E-state index in [1.165, 1.54) is 7.11 Å². The van der Waals surface area contributed by atoms with Crippen molar-refractivity contribution in [2.45, 2.75) is 51.4 Å². The summed E-state index contributed by atoms with van der Waals surface area (Å²) in [6, 6.07) is 5.10. The maximum atomic E-state index is 14.5. The van der Waals surface area contributed by atoms with Gasteiger partial charge in [0, 0.05) is 4.55 Å². The summed E-state index contributed by atoms with van der Waals surface area (Å²) < 4.78 is 35.5. The Kier molecular flexibility index (Phi) is 12.0. The highest BCUT2D eigenvalue weighted by Crippen LogP contribution is 2.79. The summed E-state index contributed by atoms with van der Waals surface area (Å²) in [4.78, 5) is 12.6. The van der Waals surface area contributed by atoms with Crippen LogP contribution in [0.1, 0.15) is 10.4 Å². The van der Waals surface area contributed by atoms with Crippen LogP contribution in [-0.2, 0) is 14.8 Å². The van der Waals surface area contributed by atoms with Gasteiger partial charge in [0.05, 0.1) is 167 Å². The first-order valence-corrected chi connectivity index (χ1v) is 18.5. The van der Waals surface area contributed by atoms with Gasteiger partial charge >= 0.3 is 5.97 Å². The van der Waals surface area contributed by atoms with Crippen LogP contribution in [0.25, 0.3) is 0 Å². The molecule has 1 aromatic carbocycles. The minimum atomic E-state index is -4.02.